The molecule has 0 heterocycles. The number of nitrogens with zero attached hydrogens (tertiary/aromatic N) is 1. The average Bonchev–Trinajstić information content (AvgIpc) is 2.90. The van der Waals surface area contributed by atoms with E-state index < -0.39 is 10.2 Å². The van der Waals surface area contributed by atoms with Gasteiger partial charge < -0.3 is 5.32 Å². The molecule has 21 heavy (non-hydrogen) atoms. The van der Waals surface area contributed by atoms with Crippen molar-refractivity contribution in [3.63, 3.8) is 0 Å². The van der Waals surface area contributed by atoms with Crippen molar-refractivity contribution in [1.82, 2.24) is 14.3 Å². The number of rotatable bonds is 10. The minimum atomic E-state index is -3.34. The topological polar surface area (TPSA) is 61.4 Å². The number of hydrogen-bond donors (Lipinski definition) is 2. The van der Waals surface area contributed by atoms with E-state index in [-0.39, 0.29) is 5.41 Å². The highest BCUT2D eigenvalue weighted by Gasteiger charge is 2.33. The van der Waals surface area contributed by atoms with Gasteiger partial charge in [0.15, 0.2) is 0 Å². The summed E-state index contributed by atoms with van der Waals surface area (Å²) in [6, 6.07) is 0.441. The molecule has 0 bridgehead atoms. The lowest BCUT2D eigenvalue weighted by molar-refractivity contribution is 0.282. The Hall–Kier alpha value is -0.170. The fraction of sp³-hybridized carbons (Fsp3) is 1.00. The van der Waals surface area contributed by atoms with Crippen LogP contribution in [0.4, 0.5) is 0 Å². The SMILES string of the molecule is CCC1(CNS(=O)(=O)N(C)CCCNC(C)C)CCCC1. The fourth-order valence-electron chi connectivity index (χ4n) is 2.95. The van der Waals surface area contributed by atoms with E-state index in [0.717, 1.165) is 32.2 Å². The molecule has 1 aliphatic carbocycles. The third kappa shape index (κ3) is 6.22. The van der Waals surface area contributed by atoms with Crippen LogP contribution in [0.2, 0.25) is 0 Å². The van der Waals surface area contributed by atoms with Crippen LogP contribution in [-0.4, -0.2) is 45.4 Å². The second kappa shape index (κ2) is 8.46. The molecule has 0 aromatic heterocycles. The van der Waals surface area contributed by atoms with Crippen LogP contribution in [0.5, 0.6) is 0 Å². The Morgan fingerprint density at radius 2 is 1.86 bits per heavy atom. The Bertz CT molecular complexity index is 390. The van der Waals surface area contributed by atoms with Crippen molar-refractivity contribution in [3.05, 3.63) is 0 Å². The fourth-order valence-corrected chi connectivity index (χ4v) is 4.03. The molecule has 126 valence electrons. The summed E-state index contributed by atoms with van der Waals surface area (Å²) in [6.45, 7) is 8.33. The van der Waals surface area contributed by atoms with E-state index in [9.17, 15) is 8.42 Å². The highest BCUT2D eigenvalue weighted by Crippen LogP contribution is 2.40. The summed E-state index contributed by atoms with van der Waals surface area (Å²) in [5, 5.41) is 3.30. The molecule has 1 aliphatic rings. The van der Waals surface area contributed by atoms with Gasteiger partial charge in [-0.25, -0.2) is 4.72 Å². The molecule has 0 spiro atoms. The zero-order valence-electron chi connectivity index (χ0n) is 14.1. The van der Waals surface area contributed by atoms with Crippen molar-refractivity contribution in [2.45, 2.75) is 65.3 Å². The highest BCUT2D eigenvalue weighted by atomic mass is 32.2. The molecule has 0 aromatic rings. The molecular weight excluding hydrogens is 286 g/mol. The molecular formula is C15H33N3O2S. The van der Waals surface area contributed by atoms with Gasteiger partial charge in [0.2, 0.25) is 0 Å². The Morgan fingerprint density at radius 1 is 1.24 bits per heavy atom. The summed E-state index contributed by atoms with van der Waals surface area (Å²) in [5.41, 5.74) is 0.188. The van der Waals surface area contributed by atoms with E-state index >= 15 is 0 Å². The van der Waals surface area contributed by atoms with Crippen molar-refractivity contribution in [3.8, 4) is 0 Å². The molecule has 1 fully saturated rings. The standard InChI is InChI=1S/C15H33N3O2S/c1-5-15(9-6-7-10-15)13-17-21(19,20)18(4)12-8-11-16-14(2)3/h14,16-17H,5-13H2,1-4H3. The van der Waals surface area contributed by atoms with Crippen molar-refractivity contribution in [1.29, 1.82) is 0 Å². The van der Waals surface area contributed by atoms with Crippen LogP contribution in [0, 0.1) is 5.41 Å². The number of hydrogen-bond acceptors (Lipinski definition) is 3. The van der Waals surface area contributed by atoms with Gasteiger partial charge in [0.1, 0.15) is 0 Å². The van der Waals surface area contributed by atoms with E-state index in [0.29, 0.717) is 19.1 Å². The molecule has 0 unspecified atom stereocenters. The van der Waals surface area contributed by atoms with Gasteiger partial charge >= 0.3 is 0 Å². The summed E-state index contributed by atoms with van der Waals surface area (Å²) in [7, 11) is -1.68. The molecule has 0 amide bonds. The first-order valence-corrected chi connectivity index (χ1v) is 9.70. The summed E-state index contributed by atoms with van der Waals surface area (Å²) in [4.78, 5) is 0. The molecule has 0 radical (unpaired) electrons. The first kappa shape index (κ1) is 18.9. The molecule has 6 heteroatoms. The second-order valence-corrected chi connectivity index (χ2v) is 8.53. The van der Waals surface area contributed by atoms with E-state index in [1.807, 2.05) is 0 Å². The maximum Gasteiger partial charge on any atom is 0.279 e. The third-order valence-corrected chi connectivity index (χ3v) is 6.17. The largest absolute Gasteiger partial charge is 0.314 e. The minimum Gasteiger partial charge on any atom is -0.314 e. The zero-order valence-corrected chi connectivity index (χ0v) is 14.9. The second-order valence-electron chi connectivity index (χ2n) is 6.67. The van der Waals surface area contributed by atoms with E-state index in [2.05, 4.69) is 30.8 Å². The van der Waals surface area contributed by atoms with Crippen LogP contribution in [-0.2, 0) is 10.2 Å². The minimum absolute atomic E-state index is 0.188. The van der Waals surface area contributed by atoms with Gasteiger partial charge in [0, 0.05) is 26.2 Å². The maximum absolute atomic E-state index is 12.3. The summed E-state index contributed by atoms with van der Waals surface area (Å²) in [6.07, 6.45) is 6.63. The lowest BCUT2D eigenvalue weighted by atomic mass is 9.84. The molecule has 5 nitrogen and oxygen atoms in total. The van der Waals surface area contributed by atoms with Crippen LogP contribution in [0.1, 0.15) is 59.3 Å². The molecule has 0 atom stereocenters. The van der Waals surface area contributed by atoms with Crippen molar-refractivity contribution in [2.75, 3.05) is 26.7 Å². The average molecular weight is 320 g/mol. The van der Waals surface area contributed by atoms with Crippen molar-refractivity contribution in [2.24, 2.45) is 5.41 Å². The van der Waals surface area contributed by atoms with Gasteiger partial charge in [-0.15, -0.1) is 0 Å². The third-order valence-electron chi connectivity index (χ3n) is 4.66. The quantitative estimate of drug-likeness (QED) is 0.606. The first-order chi connectivity index (χ1) is 9.81. The van der Waals surface area contributed by atoms with Gasteiger partial charge in [0.25, 0.3) is 10.2 Å². The maximum atomic E-state index is 12.3. The normalized spacial score (nSPS) is 18.8. The lowest BCUT2D eigenvalue weighted by Crippen LogP contribution is -2.43. The van der Waals surface area contributed by atoms with Crippen LogP contribution < -0.4 is 10.0 Å². The predicted molar refractivity (Wildman–Crippen MR) is 88.5 cm³/mol. The van der Waals surface area contributed by atoms with Gasteiger partial charge in [-0.3, -0.25) is 0 Å². The Kier molecular flexibility index (Phi) is 7.60. The monoisotopic (exact) mass is 319 g/mol. The summed E-state index contributed by atoms with van der Waals surface area (Å²) >= 11 is 0. The van der Waals surface area contributed by atoms with Crippen molar-refractivity contribution < 1.29 is 8.42 Å². The summed E-state index contributed by atoms with van der Waals surface area (Å²) < 4.78 is 28.8. The van der Waals surface area contributed by atoms with Crippen LogP contribution in [0.3, 0.4) is 0 Å². The zero-order chi connectivity index (χ0) is 15.9. The molecule has 1 rings (SSSR count). The van der Waals surface area contributed by atoms with Gasteiger partial charge in [0.05, 0.1) is 0 Å². The highest BCUT2D eigenvalue weighted by molar-refractivity contribution is 7.87. The molecule has 0 aromatic carbocycles. The molecule has 0 aliphatic heterocycles. The van der Waals surface area contributed by atoms with Crippen LogP contribution in [0.25, 0.3) is 0 Å². The smallest absolute Gasteiger partial charge is 0.279 e. The molecule has 2 N–H and O–H groups in total. The Balaban J connectivity index is 2.37. The first-order valence-electron chi connectivity index (χ1n) is 8.26. The van der Waals surface area contributed by atoms with E-state index in [4.69, 9.17) is 0 Å². The van der Waals surface area contributed by atoms with Crippen LogP contribution >= 0.6 is 0 Å². The summed E-state index contributed by atoms with van der Waals surface area (Å²) in [5.74, 6) is 0. The predicted octanol–water partition coefficient (Wildman–Crippen LogP) is 2.11. The molecule has 0 saturated heterocycles. The van der Waals surface area contributed by atoms with Crippen molar-refractivity contribution >= 4 is 10.2 Å². The lowest BCUT2D eigenvalue weighted by Gasteiger charge is -2.29. The van der Waals surface area contributed by atoms with E-state index in [1.54, 1.807) is 7.05 Å². The Labute approximate surface area is 131 Å². The van der Waals surface area contributed by atoms with Crippen LogP contribution in [0.15, 0.2) is 0 Å². The Morgan fingerprint density at radius 3 is 2.38 bits per heavy atom. The van der Waals surface area contributed by atoms with Gasteiger partial charge in [-0.2, -0.15) is 12.7 Å². The molecule has 1 saturated carbocycles. The van der Waals surface area contributed by atoms with Gasteiger partial charge in [-0.1, -0.05) is 33.6 Å². The number of nitrogens with one attached hydrogen (secondary N) is 2. The van der Waals surface area contributed by atoms with E-state index in [1.165, 1.54) is 17.1 Å². The van der Waals surface area contributed by atoms with Gasteiger partial charge in [-0.05, 0) is 37.6 Å².